The van der Waals surface area contributed by atoms with Crippen LogP contribution in [0.5, 0.6) is 0 Å². The minimum Gasteiger partial charge on any atom is -0.367 e. The Morgan fingerprint density at radius 2 is 2.11 bits per heavy atom. The summed E-state index contributed by atoms with van der Waals surface area (Å²) in [5.41, 5.74) is 0.437. The van der Waals surface area contributed by atoms with E-state index in [-0.39, 0.29) is 6.04 Å². The Bertz CT molecular complexity index is 446. The molecule has 1 saturated carbocycles. The van der Waals surface area contributed by atoms with E-state index in [9.17, 15) is 13.2 Å². The fraction of sp³-hybridized carbons (Fsp3) is 0.455. The van der Waals surface area contributed by atoms with Crippen LogP contribution >= 0.6 is 0 Å². The van der Waals surface area contributed by atoms with E-state index in [2.05, 4.69) is 15.0 Å². The highest BCUT2D eigenvalue weighted by atomic mass is 19.4. The van der Waals surface area contributed by atoms with Crippen molar-refractivity contribution in [1.82, 2.24) is 4.98 Å². The zero-order valence-corrected chi connectivity index (χ0v) is 9.24. The van der Waals surface area contributed by atoms with E-state index >= 15 is 0 Å². The first kappa shape index (κ1) is 12.6. The van der Waals surface area contributed by atoms with Gasteiger partial charge in [-0.1, -0.05) is 0 Å². The molecule has 2 rings (SSSR count). The molecule has 1 fully saturated rings. The van der Waals surface area contributed by atoms with Gasteiger partial charge in [-0.2, -0.15) is 5.26 Å². The van der Waals surface area contributed by atoms with Crippen molar-refractivity contribution in [2.45, 2.75) is 31.3 Å². The Kier molecular flexibility index (Phi) is 3.39. The second kappa shape index (κ2) is 4.82. The summed E-state index contributed by atoms with van der Waals surface area (Å²) in [6.45, 7) is 0. The average molecular weight is 257 g/mol. The smallest absolute Gasteiger partial charge is 0.367 e. The number of hydrogen-bond donors (Lipinski definition) is 1. The number of nitriles is 1. The van der Waals surface area contributed by atoms with Crippen LogP contribution in [0.15, 0.2) is 18.3 Å². The number of aromatic nitrogens is 1. The Morgan fingerprint density at radius 1 is 1.39 bits per heavy atom. The minimum absolute atomic E-state index is 0.0715. The normalized spacial score (nSPS) is 23.0. The molecule has 1 N–H and O–H groups in total. The Labute approximate surface area is 101 Å². The minimum atomic E-state index is -4.57. The van der Waals surface area contributed by atoms with Crippen molar-refractivity contribution < 1.29 is 17.9 Å². The van der Waals surface area contributed by atoms with Crippen LogP contribution in [0.3, 0.4) is 0 Å². The molecule has 0 radical (unpaired) electrons. The second-order valence-corrected chi connectivity index (χ2v) is 4.04. The Balaban J connectivity index is 1.78. The molecular weight excluding hydrogens is 247 g/mol. The van der Waals surface area contributed by atoms with E-state index < -0.39 is 12.5 Å². The zero-order chi connectivity index (χ0) is 13.2. The number of hydrogen-bond acceptors (Lipinski definition) is 4. The summed E-state index contributed by atoms with van der Waals surface area (Å²) < 4.78 is 39.5. The maximum absolute atomic E-state index is 11.9. The lowest BCUT2D eigenvalue weighted by molar-refractivity contribution is -0.351. The molecule has 0 amide bonds. The number of ether oxygens (including phenoxy) is 1. The SMILES string of the molecule is N#Cc1ccc(NC2CC(OC(F)(F)F)C2)nc1. The molecule has 0 unspecified atom stereocenters. The van der Waals surface area contributed by atoms with E-state index in [1.165, 1.54) is 6.20 Å². The van der Waals surface area contributed by atoms with Crippen molar-refractivity contribution in [3.05, 3.63) is 23.9 Å². The maximum Gasteiger partial charge on any atom is 0.522 e. The summed E-state index contributed by atoms with van der Waals surface area (Å²) in [4.78, 5) is 3.97. The van der Waals surface area contributed by atoms with E-state index in [0.717, 1.165) is 0 Å². The predicted octanol–water partition coefficient (Wildman–Crippen LogP) is 2.43. The molecule has 1 aromatic rings. The molecule has 0 saturated heterocycles. The molecule has 96 valence electrons. The summed E-state index contributed by atoms with van der Waals surface area (Å²) in [5.74, 6) is 0.546. The van der Waals surface area contributed by atoms with Crippen molar-refractivity contribution in [2.75, 3.05) is 5.32 Å². The van der Waals surface area contributed by atoms with E-state index in [0.29, 0.717) is 24.2 Å². The third-order valence-corrected chi connectivity index (χ3v) is 2.64. The van der Waals surface area contributed by atoms with E-state index in [1.54, 1.807) is 12.1 Å². The van der Waals surface area contributed by atoms with Gasteiger partial charge in [0.1, 0.15) is 11.9 Å². The fourth-order valence-corrected chi connectivity index (χ4v) is 1.72. The number of alkyl halides is 3. The van der Waals surface area contributed by atoms with Crippen LogP contribution in [0.2, 0.25) is 0 Å². The van der Waals surface area contributed by atoms with Crippen LogP contribution < -0.4 is 5.32 Å². The largest absolute Gasteiger partial charge is 0.522 e. The van der Waals surface area contributed by atoms with Crippen LogP contribution in [-0.2, 0) is 4.74 Å². The van der Waals surface area contributed by atoms with Crippen LogP contribution in [-0.4, -0.2) is 23.5 Å². The number of halogens is 3. The molecule has 1 aliphatic rings. The first-order chi connectivity index (χ1) is 8.46. The highest BCUT2D eigenvalue weighted by molar-refractivity contribution is 5.40. The highest BCUT2D eigenvalue weighted by Gasteiger charge is 2.40. The van der Waals surface area contributed by atoms with Crippen LogP contribution in [0, 0.1) is 11.3 Å². The predicted molar refractivity (Wildman–Crippen MR) is 56.5 cm³/mol. The molecule has 7 heteroatoms. The molecule has 0 aliphatic heterocycles. The van der Waals surface area contributed by atoms with Gasteiger partial charge in [0.25, 0.3) is 0 Å². The second-order valence-electron chi connectivity index (χ2n) is 4.04. The van der Waals surface area contributed by atoms with Gasteiger partial charge in [-0.3, -0.25) is 4.74 Å². The van der Waals surface area contributed by atoms with Crippen LogP contribution in [0.1, 0.15) is 18.4 Å². The number of pyridine rings is 1. The molecule has 0 spiro atoms. The third-order valence-electron chi connectivity index (χ3n) is 2.64. The average Bonchev–Trinajstić information content (AvgIpc) is 2.25. The summed E-state index contributed by atoms with van der Waals surface area (Å²) >= 11 is 0. The molecule has 18 heavy (non-hydrogen) atoms. The van der Waals surface area contributed by atoms with Gasteiger partial charge in [0.15, 0.2) is 0 Å². The van der Waals surface area contributed by atoms with Crippen molar-refractivity contribution in [1.29, 1.82) is 5.26 Å². The summed E-state index contributed by atoms with van der Waals surface area (Å²) in [6.07, 6.45) is -3.35. The summed E-state index contributed by atoms with van der Waals surface area (Å²) in [7, 11) is 0. The van der Waals surface area contributed by atoms with Crippen molar-refractivity contribution >= 4 is 5.82 Å². The van der Waals surface area contributed by atoms with Crippen LogP contribution in [0.25, 0.3) is 0 Å². The molecule has 0 bridgehead atoms. The van der Waals surface area contributed by atoms with Crippen molar-refractivity contribution in [3.63, 3.8) is 0 Å². The monoisotopic (exact) mass is 257 g/mol. The Hall–Kier alpha value is -1.81. The molecular formula is C11H10F3N3O. The number of nitrogens with zero attached hydrogens (tertiary/aromatic N) is 2. The quantitative estimate of drug-likeness (QED) is 0.903. The molecule has 4 nitrogen and oxygen atoms in total. The van der Waals surface area contributed by atoms with E-state index in [4.69, 9.17) is 5.26 Å². The number of anilines is 1. The maximum atomic E-state index is 11.9. The molecule has 0 atom stereocenters. The highest BCUT2D eigenvalue weighted by Crippen LogP contribution is 2.31. The lowest BCUT2D eigenvalue weighted by Gasteiger charge is -2.36. The number of nitrogens with one attached hydrogen (secondary N) is 1. The fourth-order valence-electron chi connectivity index (χ4n) is 1.72. The molecule has 1 aromatic heterocycles. The third kappa shape index (κ3) is 3.34. The molecule has 1 heterocycles. The first-order valence-corrected chi connectivity index (χ1v) is 5.33. The van der Waals surface area contributed by atoms with Gasteiger partial charge < -0.3 is 5.32 Å². The zero-order valence-electron chi connectivity index (χ0n) is 9.24. The van der Waals surface area contributed by atoms with Gasteiger partial charge in [-0.25, -0.2) is 4.98 Å². The lowest BCUT2D eigenvalue weighted by Crippen LogP contribution is -2.43. The van der Waals surface area contributed by atoms with Gasteiger partial charge in [0.2, 0.25) is 0 Å². The van der Waals surface area contributed by atoms with Gasteiger partial charge in [0, 0.05) is 12.2 Å². The molecule has 0 aromatic carbocycles. The van der Waals surface area contributed by atoms with E-state index in [1.807, 2.05) is 6.07 Å². The molecule has 1 aliphatic carbocycles. The van der Waals surface area contributed by atoms with Crippen molar-refractivity contribution in [2.24, 2.45) is 0 Å². The van der Waals surface area contributed by atoms with Gasteiger partial charge in [-0.05, 0) is 25.0 Å². The standard InChI is InChI=1S/C11H10F3N3O/c12-11(13,14)18-9-3-8(4-9)17-10-2-1-7(5-15)6-16-10/h1-2,6,8-9H,3-4H2,(H,16,17). The Morgan fingerprint density at radius 3 is 2.61 bits per heavy atom. The summed E-state index contributed by atoms with van der Waals surface area (Å²) in [6, 6.07) is 5.08. The number of rotatable bonds is 3. The topological polar surface area (TPSA) is 57.9 Å². The van der Waals surface area contributed by atoms with Crippen LogP contribution in [0.4, 0.5) is 19.0 Å². The van der Waals surface area contributed by atoms with Gasteiger partial charge >= 0.3 is 6.36 Å². The van der Waals surface area contributed by atoms with Gasteiger partial charge in [0.05, 0.1) is 11.7 Å². The first-order valence-electron chi connectivity index (χ1n) is 5.33. The van der Waals surface area contributed by atoms with Gasteiger partial charge in [-0.15, -0.1) is 13.2 Å². The lowest BCUT2D eigenvalue weighted by atomic mass is 9.89. The van der Waals surface area contributed by atoms with Crippen molar-refractivity contribution in [3.8, 4) is 6.07 Å². The summed E-state index contributed by atoms with van der Waals surface area (Å²) in [5, 5.41) is 11.6.